The summed E-state index contributed by atoms with van der Waals surface area (Å²) in [6.07, 6.45) is 5.28. The number of hydrogen-bond acceptors (Lipinski definition) is 5. The molecule has 0 spiro atoms. The van der Waals surface area contributed by atoms with Gasteiger partial charge < -0.3 is 11.1 Å². The van der Waals surface area contributed by atoms with Gasteiger partial charge in [0.2, 0.25) is 5.95 Å². The number of nitrogens with two attached hydrogens (primary N) is 1. The maximum Gasteiger partial charge on any atom is 0.221 e. The normalized spacial score (nSPS) is 10.4. The minimum absolute atomic E-state index is 0.242. The van der Waals surface area contributed by atoms with Gasteiger partial charge in [0.25, 0.3) is 0 Å². The van der Waals surface area contributed by atoms with E-state index in [1.807, 2.05) is 29.1 Å². The first-order valence-electron chi connectivity index (χ1n) is 6.21. The maximum atomic E-state index is 5.54. The first kappa shape index (κ1) is 12.2. The summed E-state index contributed by atoms with van der Waals surface area (Å²) in [7, 11) is 0. The zero-order valence-electron chi connectivity index (χ0n) is 10.8. The lowest BCUT2D eigenvalue weighted by Gasteiger charge is -2.02. The van der Waals surface area contributed by atoms with Gasteiger partial charge in [0.15, 0.2) is 0 Å². The van der Waals surface area contributed by atoms with E-state index in [1.54, 1.807) is 18.5 Å². The fourth-order valence-electron chi connectivity index (χ4n) is 1.88. The first-order chi connectivity index (χ1) is 9.79. The van der Waals surface area contributed by atoms with Crippen LogP contribution in [0.2, 0.25) is 0 Å². The summed E-state index contributed by atoms with van der Waals surface area (Å²) < 4.78 is 1.86. The highest BCUT2D eigenvalue weighted by Gasteiger charge is 2.01. The molecule has 100 valence electrons. The number of nitrogens with zero attached hydrogens (tertiary/aromatic N) is 4. The van der Waals surface area contributed by atoms with Crippen LogP contribution in [0, 0.1) is 0 Å². The fraction of sp³-hybridized carbons (Fsp3) is 0.0714. The number of anilines is 3. The highest BCUT2D eigenvalue weighted by atomic mass is 15.3. The van der Waals surface area contributed by atoms with Crippen LogP contribution in [0.25, 0.3) is 0 Å². The summed E-state index contributed by atoms with van der Waals surface area (Å²) in [5.74, 6) is 0.892. The van der Waals surface area contributed by atoms with Gasteiger partial charge in [0.05, 0.1) is 18.4 Å². The van der Waals surface area contributed by atoms with Crippen LogP contribution in [0.5, 0.6) is 0 Å². The molecule has 0 aliphatic carbocycles. The molecule has 3 N–H and O–H groups in total. The molecule has 3 aromatic rings. The van der Waals surface area contributed by atoms with Crippen molar-refractivity contribution in [2.45, 2.75) is 6.54 Å². The van der Waals surface area contributed by atoms with Gasteiger partial charge in [-0.1, -0.05) is 30.3 Å². The zero-order valence-corrected chi connectivity index (χ0v) is 10.8. The van der Waals surface area contributed by atoms with Crippen LogP contribution in [-0.4, -0.2) is 19.7 Å². The largest absolute Gasteiger partial charge is 0.368 e. The van der Waals surface area contributed by atoms with Crippen LogP contribution in [0.4, 0.5) is 17.5 Å². The Morgan fingerprint density at radius 3 is 2.80 bits per heavy atom. The molecule has 0 saturated carbocycles. The maximum absolute atomic E-state index is 5.54. The van der Waals surface area contributed by atoms with E-state index in [4.69, 9.17) is 5.73 Å². The van der Waals surface area contributed by atoms with Crippen molar-refractivity contribution in [1.82, 2.24) is 19.7 Å². The second kappa shape index (κ2) is 5.40. The highest BCUT2D eigenvalue weighted by molar-refractivity contribution is 5.54. The Balaban J connectivity index is 1.71. The van der Waals surface area contributed by atoms with Crippen molar-refractivity contribution in [1.29, 1.82) is 0 Å². The summed E-state index contributed by atoms with van der Waals surface area (Å²) in [5, 5.41) is 7.45. The average molecular weight is 266 g/mol. The van der Waals surface area contributed by atoms with E-state index in [2.05, 4.69) is 32.5 Å². The Kier molecular flexibility index (Phi) is 3.28. The van der Waals surface area contributed by atoms with E-state index in [1.165, 1.54) is 5.56 Å². The smallest absolute Gasteiger partial charge is 0.221 e. The molecule has 0 aliphatic rings. The monoisotopic (exact) mass is 266 g/mol. The third-order valence-electron chi connectivity index (χ3n) is 2.77. The molecule has 0 saturated heterocycles. The van der Waals surface area contributed by atoms with Crippen molar-refractivity contribution in [2.75, 3.05) is 11.1 Å². The van der Waals surface area contributed by atoms with E-state index < -0.39 is 0 Å². The zero-order chi connectivity index (χ0) is 13.8. The van der Waals surface area contributed by atoms with Crippen molar-refractivity contribution in [3.8, 4) is 0 Å². The van der Waals surface area contributed by atoms with Gasteiger partial charge in [-0.25, -0.2) is 4.98 Å². The third kappa shape index (κ3) is 2.92. The number of nitrogen functional groups attached to an aromatic ring is 1. The van der Waals surface area contributed by atoms with E-state index in [-0.39, 0.29) is 5.95 Å². The number of benzene rings is 1. The van der Waals surface area contributed by atoms with Crippen molar-refractivity contribution in [3.63, 3.8) is 0 Å². The summed E-state index contributed by atoms with van der Waals surface area (Å²) in [5.41, 5.74) is 7.60. The lowest BCUT2D eigenvalue weighted by molar-refractivity contribution is 0.687. The molecule has 6 nitrogen and oxygen atoms in total. The van der Waals surface area contributed by atoms with Crippen LogP contribution in [0.3, 0.4) is 0 Å². The van der Waals surface area contributed by atoms with Gasteiger partial charge >= 0.3 is 0 Å². The molecule has 0 aliphatic heterocycles. The molecule has 20 heavy (non-hydrogen) atoms. The molecular formula is C14H14N6. The quantitative estimate of drug-likeness (QED) is 0.755. The standard InChI is InChI=1S/C14H14N6/c15-14-16-7-6-13(19-14)18-12-8-17-20(10-12)9-11-4-2-1-3-5-11/h1-8,10H,9H2,(H3,15,16,18,19). The second-order valence-corrected chi connectivity index (χ2v) is 4.34. The number of hydrogen-bond donors (Lipinski definition) is 2. The van der Waals surface area contributed by atoms with E-state index in [0.717, 1.165) is 12.2 Å². The van der Waals surface area contributed by atoms with Gasteiger partial charge in [-0.05, 0) is 11.6 Å². The molecule has 0 unspecified atom stereocenters. The summed E-state index contributed by atoms with van der Waals surface area (Å²) in [6, 6.07) is 11.9. The summed E-state index contributed by atoms with van der Waals surface area (Å²) in [4.78, 5) is 7.93. The van der Waals surface area contributed by atoms with Crippen molar-refractivity contribution in [3.05, 3.63) is 60.6 Å². The van der Waals surface area contributed by atoms with Crippen molar-refractivity contribution < 1.29 is 0 Å². The van der Waals surface area contributed by atoms with Gasteiger partial charge in [-0.15, -0.1) is 0 Å². The molecule has 2 heterocycles. The van der Waals surface area contributed by atoms with Gasteiger partial charge in [-0.3, -0.25) is 4.68 Å². The SMILES string of the molecule is Nc1nccc(Nc2cnn(Cc3ccccc3)c2)n1. The van der Waals surface area contributed by atoms with Crippen LogP contribution in [-0.2, 0) is 6.54 Å². The molecule has 0 fully saturated rings. The Hall–Kier alpha value is -2.89. The van der Waals surface area contributed by atoms with Crippen LogP contribution >= 0.6 is 0 Å². The molecular weight excluding hydrogens is 252 g/mol. The summed E-state index contributed by atoms with van der Waals surface area (Å²) in [6.45, 7) is 0.731. The third-order valence-corrected chi connectivity index (χ3v) is 2.77. The fourth-order valence-corrected chi connectivity index (χ4v) is 1.88. The summed E-state index contributed by atoms with van der Waals surface area (Å²) >= 11 is 0. The Labute approximate surface area is 116 Å². The van der Waals surface area contributed by atoms with Crippen molar-refractivity contribution >= 4 is 17.5 Å². The predicted molar refractivity (Wildman–Crippen MR) is 77.5 cm³/mol. The number of nitrogens with one attached hydrogen (secondary N) is 1. The van der Waals surface area contributed by atoms with E-state index >= 15 is 0 Å². The predicted octanol–water partition coefficient (Wildman–Crippen LogP) is 2.05. The Bertz CT molecular complexity index is 692. The first-order valence-corrected chi connectivity index (χ1v) is 6.21. The molecule has 0 atom stereocenters. The van der Waals surface area contributed by atoms with Crippen LogP contribution in [0.15, 0.2) is 55.0 Å². The second-order valence-electron chi connectivity index (χ2n) is 4.34. The van der Waals surface area contributed by atoms with E-state index in [9.17, 15) is 0 Å². The van der Waals surface area contributed by atoms with E-state index in [0.29, 0.717) is 5.82 Å². The average Bonchev–Trinajstić information content (AvgIpc) is 2.87. The Morgan fingerprint density at radius 2 is 2.00 bits per heavy atom. The lowest BCUT2D eigenvalue weighted by atomic mass is 10.2. The van der Waals surface area contributed by atoms with Crippen LogP contribution < -0.4 is 11.1 Å². The molecule has 0 radical (unpaired) electrons. The molecule has 1 aromatic carbocycles. The highest BCUT2D eigenvalue weighted by Crippen LogP contribution is 2.14. The minimum Gasteiger partial charge on any atom is -0.368 e. The lowest BCUT2D eigenvalue weighted by Crippen LogP contribution is -2.00. The number of aromatic nitrogens is 4. The molecule has 0 bridgehead atoms. The molecule has 2 aromatic heterocycles. The number of rotatable bonds is 4. The van der Waals surface area contributed by atoms with Gasteiger partial charge in [0.1, 0.15) is 5.82 Å². The molecule has 6 heteroatoms. The van der Waals surface area contributed by atoms with Gasteiger partial charge in [0, 0.05) is 12.4 Å². The van der Waals surface area contributed by atoms with Crippen LogP contribution in [0.1, 0.15) is 5.56 Å². The Morgan fingerprint density at radius 1 is 1.15 bits per heavy atom. The van der Waals surface area contributed by atoms with Crippen molar-refractivity contribution in [2.24, 2.45) is 0 Å². The van der Waals surface area contributed by atoms with Gasteiger partial charge in [-0.2, -0.15) is 10.1 Å². The topological polar surface area (TPSA) is 81.6 Å². The minimum atomic E-state index is 0.242. The molecule has 3 rings (SSSR count). The molecule has 0 amide bonds.